The van der Waals surface area contributed by atoms with E-state index < -0.39 is 16.8 Å². The van der Waals surface area contributed by atoms with Gasteiger partial charge < -0.3 is 10.0 Å². The summed E-state index contributed by atoms with van der Waals surface area (Å²) in [5.41, 5.74) is 0.423. The lowest BCUT2D eigenvalue weighted by atomic mass is 10.0. The summed E-state index contributed by atoms with van der Waals surface area (Å²) in [6.07, 6.45) is 0.953. The molecule has 1 saturated heterocycles. The number of aromatic nitrogens is 2. The summed E-state index contributed by atoms with van der Waals surface area (Å²) in [6, 6.07) is -0.286. The van der Waals surface area contributed by atoms with Gasteiger partial charge in [-0.3, -0.25) is 14.9 Å². The van der Waals surface area contributed by atoms with Crippen molar-refractivity contribution in [3.05, 3.63) is 15.8 Å². The zero-order chi connectivity index (χ0) is 15.0. The van der Waals surface area contributed by atoms with Crippen molar-refractivity contribution in [2.75, 3.05) is 11.4 Å². The Hall–Kier alpha value is -2.12. The molecule has 0 aliphatic carbocycles. The number of nitro groups is 1. The van der Waals surface area contributed by atoms with Gasteiger partial charge in [-0.2, -0.15) is 5.10 Å². The summed E-state index contributed by atoms with van der Waals surface area (Å²) in [5.74, 6) is -0.960. The Morgan fingerprint density at radius 2 is 2.25 bits per heavy atom. The van der Waals surface area contributed by atoms with Crippen molar-refractivity contribution in [2.45, 2.75) is 32.7 Å². The fourth-order valence-electron chi connectivity index (χ4n) is 2.87. The van der Waals surface area contributed by atoms with Gasteiger partial charge in [-0.05, 0) is 19.8 Å². The molecule has 1 fully saturated rings. The van der Waals surface area contributed by atoms with E-state index in [9.17, 15) is 14.9 Å². The third-order valence-corrected chi connectivity index (χ3v) is 3.92. The average Bonchev–Trinajstić information content (AvgIpc) is 2.89. The molecule has 2 unspecified atom stereocenters. The minimum absolute atomic E-state index is 0.00658. The molecule has 1 aliphatic heterocycles. The van der Waals surface area contributed by atoms with Crippen LogP contribution in [0.2, 0.25) is 0 Å². The van der Waals surface area contributed by atoms with Crippen LogP contribution in [-0.2, 0) is 18.3 Å². The minimum Gasteiger partial charge on any atom is -0.481 e. The van der Waals surface area contributed by atoms with Gasteiger partial charge in [0, 0.05) is 19.6 Å². The van der Waals surface area contributed by atoms with Gasteiger partial charge in [0.2, 0.25) is 5.82 Å². The van der Waals surface area contributed by atoms with Crippen molar-refractivity contribution >= 4 is 17.5 Å². The Balaban J connectivity index is 2.46. The van der Waals surface area contributed by atoms with Crippen LogP contribution in [-0.4, -0.2) is 38.4 Å². The maximum absolute atomic E-state index is 11.3. The van der Waals surface area contributed by atoms with Crippen LogP contribution in [0.5, 0.6) is 0 Å². The van der Waals surface area contributed by atoms with Crippen molar-refractivity contribution in [2.24, 2.45) is 13.0 Å². The van der Waals surface area contributed by atoms with Crippen LogP contribution in [0.4, 0.5) is 11.5 Å². The van der Waals surface area contributed by atoms with E-state index >= 15 is 0 Å². The fourth-order valence-corrected chi connectivity index (χ4v) is 2.87. The fraction of sp³-hybridized carbons (Fsp3) is 0.667. The summed E-state index contributed by atoms with van der Waals surface area (Å²) in [6.45, 7) is 4.09. The molecule has 110 valence electrons. The standard InChI is InChI=1S/C12H18N4O4/c1-4-9-10(16(19)20)11(14(3)13-9)15-6-5-8(7(15)2)12(17)18/h7-8H,4-6H2,1-3H3,(H,17,18). The number of rotatable bonds is 4. The highest BCUT2D eigenvalue weighted by Crippen LogP contribution is 2.37. The number of hydrogen-bond acceptors (Lipinski definition) is 5. The third-order valence-electron chi connectivity index (χ3n) is 3.92. The first-order valence-corrected chi connectivity index (χ1v) is 6.58. The van der Waals surface area contributed by atoms with Crippen LogP contribution in [0.1, 0.15) is 26.0 Å². The Morgan fingerprint density at radius 1 is 1.60 bits per heavy atom. The molecule has 1 aromatic rings. The van der Waals surface area contributed by atoms with E-state index in [0.29, 0.717) is 30.9 Å². The molecule has 0 aromatic carbocycles. The number of anilines is 1. The lowest BCUT2D eigenvalue weighted by molar-refractivity contribution is -0.384. The number of aliphatic carboxylic acids is 1. The lowest BCUT2D eigenvalue weighted by Gasteiger charge is -2.24. The van der Waals surface area contributed by atoms with E-state index in [1.54, 1.807) is 18.9 Å². The van der Waals surface area contributed by atoms with Gasteiger partial charge in [0.15, 0.2) is 0 Å². The van der Waals surface area contributed by atoms with Crippen molar-refractivity contribution < 1.29 is 14.8 Å². The van der Waals surface area contributed by atoms with Crippen molar-refractivity contribution in [3.63, 3.8) is 0 Å². The maximum Gasteiger partial charge on any atom is 0.334 e. The first-order valence-electron chi connectivity index (χ1n) is 6.58. The predicted molar refractivity (Wildman–Crippen MR) is 71.8 cm³/mol. The van der Waals surface area contributed by atoms with Gasteiger partial charge in [-0.1, -0.05) is 6.92 Å². The first-order chi connectivity index (χ1) is 9.38. The van der Waals surface area contributed by atoms with Gasteiger partial charge in [-0.15, -0.1) is 0 Å². The normalized spacial score (nSPS) is 22.2. The average molecular weight is 282 g/mol. The van der Waals surface area contributed by atoms with E-state index in [-0.39, 0.29) is 11.7 Å². The smallest absolute Gasteiger partial charge is 0.334 e. The molecule has 2 rings (SSSR count). The zero-order valence-electron chi connectivity index (χ0n) is 11.7. The highest BCUT2D eigenvalue weighted by Gasteiger charge is 2.41. The van der Waals surface area contributed by atoms with Crippen LogP contribution in [0.15, 0.2) is 0 Å². The summed E-state index contributed by atoms with van der Waals surface area (Å²) in [4.78, 5) is 23.8. The number of nitrogens with zero attached hydrogens (tertiary/aromatic N) is 4. The Bertz CT molecular complexity index is 554. The second-order valence-corrected chi connectivity index (χ2v) is 5.02. The van der Waals surface area contributed by atoms with E-state index in [1.165, 1.54) is 4.68 Å². The second-order valence-electron chi connectivity index (χ2n) is 5.02. The van der Waals surface area contributed by atoms with Crippen LogP contribution in [0.25, 0.3) is 0 Å². The maximum atomic E-state index is 11.3. The van der Waals surface area contributed by atoms with Crippen LogP contribution in [0.3, 0.4) is 0 Å². The summed E-state index contributed by atoms with van der Waals surface area (Å²) in [5, 5.41) is 24.7. The zero-order valence-corrected chi connectivity index (χ0v) is 11.7. The molecule has 0 amide bonds. The van der Waals surface area contributed by atoms with Gasteiger partial charge in [0.05, 0.1) is 10.8 Å². The Labute approximate surface area is 116 Å². The molecule has 8 heteroatoms. The van der Waals surface area contributed by atoms with Crippen LogP contribution in [0, 0.1) is 16.0 Å². The number of carbonyl (C=O) groups is 1. The number of carboxylic acids is 1. The molecule has 8 nitrogen and oxygen atoms in total. The summed E-state index contributed by atoms with van der Waals surface area (Å²) >= 11 is 0. The Kier molecular flexibility index (Phi) is 3.65. The molecule has 0 spiro atoms. The number of carboxylic acid groups (broad SMARTS) is 1. The molecule has 1 N–H and O–H groups in total. The number of hydrogen-bond donors (Lipinski definition) is 1. The second kappa shape index (κ2) is 5.10. The highest BCUT2D eigenvalue weighted by atomic mass is 16.6. The van der Waals surface area contributed by atoms with Gasteiger partial charge in [0.25, 0.3) is 0 Å². The molecule has 0 bridgehead atoms. The van der Waals surface area contributed by atoms with E-state index in [4.69, 9.17) is 5.11 Å². The van der Waals surface area contributed by atoms with Gasteiger partial charge in [0.1, 0.15) is 5.69 Å². The van der Waals surface area contributed by atoms with E-state index in [2.05, 4.69) is 5.10 Å². The molecular formula is C12H18N4O4. The number of aryl methyl sites for hydroxylation is 2. The van der Waals surface area contributed by atoms with Gasteiger partial charge in [-0.25, -0.2) is 4.68 Å². The van der Waals surface area contributed by atoms with Crippen molar-refractivity contribution in [1.29, 1.82) is 0 Å². The molecule has 0 radical (unpaired) electrons. The summed E-state index contributed by atoms with van der Waals surface area (Å²) < 4.78 is 1.48. The SMILES string of the molecule is CCc1nn(C)c(N2CCC(C(=O)O)C2C)c1[N+](=O)[O-]. The predicted octanol–water partition coefficient (Wildman–Crippen LogP) is 1.19. The molecular weight excluding hydrogens is 264 g/mol. The first kappa shape index (κ1) is 14.3. The van der Waals surface area contributed by atoms with Gasteiger partial charge >= 0.3 is 11.7 Å². The molecule has 1 aromatic heterocycles. The Morgan fingerprint density at radius 3 is 2.70 bits per heavy atom. The largest absolute Gasteiger partial charge is 0.481 e. The van der Waals surface area contributed by atoms with Crippen LogP contribution < -0.4 is 4.90 Å². The van der Waals surface area contributed by atoms with Crippen molar-refractivity contribution in [1.82, 2.24) is 9.78 Å². The summed E-state index contributed by atoms with van der Waals surface area (Å²) in [7, 11) is 1.66. The molecule has 2 heterocycles. The van der Waals surface area contributed by atoms with E-state index in [1.807, 2.05) is 6.92 Å². The monoisotopic (exact) mass is 282 g/mol. The van der Waals surface area contributed by atoms with Crippen molar-refractivity contribution in [3.8, 4) is 0 Å². The molecule has 20 heavy (non-hydrogen) atoms. The lowest BCUT2D eigenvalue weighted by Crippen LogP contribution is -2.34. The third kappa shape index (κ3) is 2.10. The molecule has 1 aliphatic rings. The topological polar surface area (TPSA) is 102 Å². The highest BCUT2D eigenvalue weighted by molar-refractivity contribution is 5.74. The molecule has 2 atom stereocenters. The molecule has 0 saturated carbocycles. The quantitative estimate of drug-likeness (QED) is 0.657. The van der Waals surface area contributed by atoms with E-state index in [0.717, 1.165) is 0 Å². The minimum atomic E-state index is -0.861. The van der Waals surface area contributed by atoms with Crippen LogP contribution >= 0.6 is 0 Å².